The summed E-state index contributed by atoms with van der Waals surface area (Å²) in [5, 5.41) is 0. The van der Waals surface area contributed by atoms with Gasteiger partial charge in [-0.05, 0) is 29.7 Å². The lowest BCUT2D eigenvalue weighted by molar-refractivity contribution is -0.117. The van der Waals surface area contributed by atoms with Gasteiger partial charge in [0, 0.05) is 6.42 Å². The average Bonchev–Trinajstić information content (AvgIpc) is 2.59. The van der Waals surface area contributed by atoms with Crippen molar-refractivity contribution in [1.82, 2.24) is 0 Å². The van der Waals surface area contributed by atoms with Gasteiger partial charge in [-0.3, -0.25) is 9.10 Å². The van der Waals surface area contributed by atoms with Crippen molar-refractivity contribution in [3.8, 4) is 5.75 Å². The first kappa shape index (κ1) is 19.0. The van der Waals surface area contributed by atoms with E-state index in [0.29, 0.717) is 11.4 Å². The fraction of sp³-hybridized carbons (Fsp3) is 0.316. The zero-order valence-corrected chi connectivity index (χ0v) is 15.5. The first-order valence-electron chi connectivity index (χ1n) is 8.05. The minimum Gasteiger partial charge on any atom is -0.495 e. The van der Waals surface area contributed by atoms with E-state index in [0.717, 1.165) is 22.5 Å². The standard InChI is InChI=1S/C19H23NO4S/c1-4-15-9-11-16(12-10-15)13-17(21)14-20(25(3,22)23)18-7-5-6-8-19(18)24-2/h5-12H,4,13-14H2,1-3H3. The lowest BCUT2D eigenvalue weighted by Crippen LogP contribution is -2.35. The second-order valence-electron chi connectivity index (χ2n) is 5.83. The highest BCUT2D eigenvalue weighted by atomic mass is 32.2. The van der Waals surface area contributed by atoms with E-state index in [1.807, 2.05) is 24.3 Å². The second kappa shape index (κ2) is 8.16. The summed E-state index contributed by atoms with van der Waals surface area (Å²) in [6.07, 6.45) is 2.21. The van der Waals surface area contributed by atoms with Crippen molar-refractivity contribution in [3.63, 3.8) is 0 Å². The molecule has 0 aliphatic carbocycles. The number of benzene rings is 2. The summed E-state index contributed by atoms with van der Waals surface area (Å²) in [5.74, 6) is 0.230. The quantitative estimate of drug-likeness (QED) is 0.725. The zero-order chi connectivity index (χ0) is 18.4. The molecule has 2 aromatic carbocycles. The molecule has 0 heterocycles. The molecule has 0 atom stereocenters. The van der Waals surface area contributed by atoms with Crippen molar-refractivity contribution < 1.29 is 17.9 Å². The monoisotopic (exact) mass is 361 g/mol. The van der Waals surface area contributed by atoms with Crippen molar-refractivity contribution in [2.75, 3.05) is 24.2 Å². The van der Waals surface area contributed by atoms with E-state index in [2.05, 4.69) is 6.92 Å². The Balaban J connectivity index is 2.21. The summed E-state index contributed by atoms with van der Waals surface area (Å²) >= 11 is 0. The molecule has 134 valence electrons. The summed E-state index contributed by atoms with van der Waals surface area (Å²) in [6, 6.07) is 14.5. The number of nitrogens with zero attached hydrogens (tertiary/aromatic N) is 1. The number of rotatable bonds is 8. The number of sulfonamides is 1. The number of hydrogen-bond acceptors (Lipinski definition) is 4. The molecule has 0 saturated heterocycles. The number of Topliss-reactive ketones (excluding diaryl/α,β-unsaturated/α-hetero) is 1. The lowest BCUT2D eigenvalue weighted by Gasteiger charge is -2.23. The molecule has 0 aromatic heterocycles. The number of carbonyl (C=O) groups is 1. The normalized spacial score (nSPS) is 11.2. The summed E-state index contributed by atoms with van der Waals surface area (Å²) < 4.78 is 30.7. The maximum atomic E-state index is 12.5. The molecule has 0 unspecified atom stereocenters. The topological polar surface area (TPSA) is 63.7 Å². The molecule has 2 aromatic rings. The third-order valence-electron chi connectivity index (χ3n) is 3.91. The second-order valence-corrected chi connectivity index (χ2v) is 7.73. The molecule has 0 aliphatic heterocycles. The van der Waals surface area contributed by atoms with Crippen LogP contribution in [0.15, 0.2) is 48.5 Å². The number of methoxy groups -OCH3 is 1. The van der Waals surface area contributed by atoms with Gasteiger partial charge in [0.05, 0.1) is 25.6 Å². The van der Waals surface area contributed by atoms with Crippen LogP contribution < -0.4 is 9.04 Å². The summed E-state index contributed by atoms with van der Waals surface area (Å²) in [7, 11) is -2.15. The number of ketones is 1. The molecule has 0 spiro atoms. The van der Waals surface area contributed by atoms with Crippen molar-refractivity contribution in [2.45, 2.75) is 19.8 Å². The van der Waals surface area contributed by atoms with E-state index in [1.165, 1.54) is 12.7 Å². The predicted molar refractivity (Wildman–Crippen MR) is 99.7 cm³/mol. The van der Waals surface area contributed by atoms with E-state index in [1.54, 1.807) is 24.3 Å². The Kier molecular flexibility index (Phi) is 6.20. The fourth-order valence-electron chi connectivity index (χ4n) is 2.55. The van der Waals surface area contributed by atoms with Crippen molar-refractivity contribution in [3.05, 3.63) is 59.7 Å². The van der Waals surface area contributed by atoms with E-state index >= 15 is 0 Å². The molecule has 0 fully saturated rings. The number of ether oxygens (including phenoxy) is 1. The molecule has 0 N–H and O–H groups in total. The van der Waals surface area contributed by atoms with Gasteiger partial charge in [-0.1, -0.05) is 43.3 Å². The van der Waals surface area contributed by atoms with E-state index in [-0.39, 0.29) is 18.7 Å². The minimum atomic E-state index is -3.62. The molecule has 6 heteroatoms. The van der Waals surface area contributed by atoms with Crippen LogP contribution in [0.2, 0.25) is 0 Å². The third kappa shape index (κ3) is 5.06. The van der Waals surface area contributed by atoms with Gasteiger partial charge >= 0.3 is 0 Å². The number of hydrogen-bond donors (Lipinski definition) is 0. The summed E-state index contributed by atoms with van der Waals surface area (Å²) in [4.78, 5) is 12.5. The van der Waals surface area contributed by atoms with Gasteiger partial charge in [-0.15, -0.1) is 0 Å². The van der Waals surface area contributed by atoms with Gasteiger partial charge in [0.2, 0.25) is 10.0 Å². The molecule has 0 aliphatic rings. The number of aryl methyl sites for hydroxylation is 1. The SMILES string of the molecule is CCc1ccc(CC(=O)CN(c2ccccc2OC)S(C)(=O)=O)cc1. The van der Waals surface area contributed by atoms with Crippen LogP contribution in [0.4, 0.5) is 5.69 Å². The molecule has 25 heavy (non-hydrogen) atoms. The van der Waals surface area contributed by atoms with Crippen LogP contribution in [-0.4, -0.2) is 34.1 Å². The highest BCUT2D eigenvalue weighted by Crippen LogP contribution is 2.29. The molecular formula is C19H23NO4S. The van der Waals surface area contributed by atoms with Gasteiger partial charge in [0.25, 0.3) is 0 Å². The Morgan fingerprint density at radius 3 is 2.20 bits per heavy atom. The zero-order valence-electron chi connectivity index (χ0n) is 14.7. The van der Waals surface area contributed by atoms with Crippen LogP contribution in [0, 0.1) is 0 Å². The molecule has 0 bridgehead atoms. The average molecular weight is 361 g/mol. The predicted octanol–water partition coefficient (Wildman–Crippen LogP) is 2.84. The molecular weight excluding hydrogens is 338 g/mol. The Labute approximate surface area is 149 Å². The third-order valence-corrected chi connectivity index (χ3v) is 5.03. The number of para-hydroxylation sites is 2. The molecule has 0 radical (unpaired) electrons. The van der Waals surface area contributed by atoms with Crippen molar-refractivity contribution in [2.24, 2.45) is 0 Å². The van der Waals surface area contributed by atoms with Crippen molar-refractivity contribution in [1.29, 1.82) is 0 Å². The largest absolute Gasteiger partial charge is 0.495 e. The summed E-state index contributed by atoms with van der Waals surface area (Å²) in [5.41, 5.74) is 2.43. The Morgan fingerprint density at radius 2 is 1.64 bits per heavy atom. The van der Waals surface area contributed by atoms with Crippen molar-refractivity contribution >= 4 is 21.5 Å². The van der Waals surface area contributed by atoms with Crippen LogP contribution in [0.25, 0.3) is 0 Å². The highest BCUT2D eigenvalue weighted by Gasteiger charge is 2.23. The van der Waals surface area contributed by atoms with Gasteiger partial charge in [0.1, 0.15) is 5.75 Å². The Bertz CT molecular complexity index is 829. The van der Waals surface area contributed by atoms with E-state index < -0.39 is 10.0 Å². The molecule has 2 rings (SSSR count). The van der Waals surface area contributed by atoms with Crippen LogP contribution in [0.5, 0.6) is 5.75 Å². The lowest BCUT2D eigenvalue weighted by atomic mass is 10.1. The number of carbonyl (C=O) groups excluding carboxylic acids is 1. The maximum absolute atomic E-state index is 12.5. The highest BCUT2D eigenvalue weighted by molar-refractivity contribution is 7.92. The Hall–Kier alpha value is -2.34. The number of anilines is 1. The molecule has 0 saturated carbocycles. The minimum absolute atomic E-state index is 0.180. The van der Waals surface area contributed by atoms with E-state index in [4.69, 9.17) is 4.74 Å². The fourth-order valence-corrected chi connectivity index (χ4v) is 3.44. The van der Waals surface area contributed by atoms with Crippen LogP contribution in [0.3, 0.4) is 0 Å². The van der Waals surface area contributed by atoms with E-state index in [9.17, 15) is 13.2 Å². The van der Waals surface area contributed by atoms with Gasteiger partial charge < -0.3 is 4.74 Å². The van der Waals surface area contributed by atoms with Crippen LogP contribution in [0.1, 0.15) is 18.1 Å². The smallest absolute Gasteiger partial charge is 0.232 e. The van der Waals surface area contributed by atoms with Crippen LogP contribution in [-0.2, 0) is 27.7 Å². The first-order valence-corrected chi connectivity index (χ1v) is 9.90. The summed E-state index contributed by atoms with van der Waals surface area (Å²) in [6.45, 7) is 1.84. The van der Waals surface area contributed by atoms with Crippen LogP contribution >= 0.6 is 0 Å². The van der Waals surface area contributed by atoms with Gasteiger partial charge in [-0.2, -0.15) is 0 Å². The molecule has 0 amide bonds. The Morgan fingerprint density at radius 1 is 1.04 bits per heavy atom. The van der Waals surface area contributed by atoms with Gasteiger partial charge in [-0.25, -0.2) is 8.42 Å². The molecule has 5 nitrogen and oxygen atoms in total. The maximum Gasteiger partial charge on any atom is 0.232 e. The van der Waals surface area contributed by atoms with Gasteiger partial charge in [0.15, 0.2) is 5.78 Å². The first-order chi connectivity index (χ1) is 11.8.